The molecule has 0 fully saturated rings. The number of carbonyl (C=O) groups excluding carboxylic acids is 1. The fraction of sp³-hybridized carbons (Fsp3) is 0.562. The van der Waals surface area contributed by atoms with Gasteiger partial charge in [0.1, 0.15) is 11.6 Å². The molecule has 5 heteroatoms. The van der Waals surface area contributed by atoms with Crippen molar-refractivity contribution in [2.24, 2.45) is 0 Å². The van der Waals surface area contributed by atoms with Gasteiger partial charge in [-0.3, -0.25) is 4.79 Å². The molecule has 118 valence electrons. The zero-order valence-electron chi connectivity index (χ0n) is 12.9. The van der Waals surface area contributed by atoms with Gasteiger partial charge in [-0.25, -0.2) is 4.39 Å². The first-order valence-corrected chi connectivity index (χ1v) is 7.37. The maximum Gasteiger partial charge on any atom is 0.260 e. The molecule has 2 atom stereocenters. The predicted octanol–water partition coefficient (Wildman–Crippen LogP) is 2.95. The van der Waals surface area contributed by atoms with Crippen molar-refractivity contribution >= 4 is 5.91 Å². The number of halogens is 1. The molecule has 0 aliphatic carbocycles. The Hall–Kier alpha value is -1.62. The second kappa shape index (κ2) is 8.62. The molecule has 0 spiro atoms. The van der Waals surface area contributed by atoms with Crippen molar-refractivity contribution in [3.8, 4) is 5.75 Å². The molecule has 0 heterocycles. The zero-order valence-corrected chi connectivity index (χ0v) is 12.9. The van der Waals surface area contributed by atoms with Crippen molar-refractivity contribution in [2.75, 3.05) is 6.54 Å². The second-order valence-corrected chi connectivity index (χ2v) is 5.12. The molecule has 21 heavy (non-hydrogen) atoms. The third kappa shape index (κ3) is 5.71. The van der Waals surface area contributed by atoms with Crippen LogP contribution in [0, 0.1) is 5.82 Å². The minimum Gasteiger partial charge on any atom is -0.481 e. The maximum absolute atomic E-state index is 13.7. The summed E-state index contributed by atoms with van der Waals surface area (Å²) in [5.74, 6) is -0.489. The molecule has 0 aliphatic heterocycles. The van der Waals surface area contributed by atoms with Crippen LogP contribution in [0.25, 0.3) is 0 Å². The number of hydrogen-bond donors (Lipinski definition) is 2. The minimum atomic E-state index is -0.877. The Kier molecular flexibility index (Phi) is 7.15. The van der Waals surface area contributed by atoms with Crippen LogP contribution >= 0.6 is 0 Å². The number of aliphatic hydroxyl groups excluding tert-OH is 1. The van der Waals surface area contributed by atoms with E-state index in [-0.39, 0.29) is 17.2 Å². The van der Waals surface area contributed by atoms with Crippen molar-refractivity contribution in [1.82, 2.24) is 5.32 Å². The Balaban J connectivity index is 2.52. The molecule has 0 aliphatic rings. The number of nitrogens with one attached hydrogen (secondary N) is 1. The smallest absolute Gasteiger partial charge is 0.260 e. The van der Waals surface area contributed by atoms with E-state index in [1.54, 1.807) is 13.0 Å². The molecule has 0 radical (unpaired) electrons. The minimum absolute atomic E-state index is 0.207. The van der Waals surface area contributed by atoms with E-state index in [1.165, 1.54) is 19.1 Å². The summed E-state index contributed by atoms with van der Waals surface area (Å²) in [7, 11) is 0. The number of amides is 1. The van der Waals surface area contributed by atoms with E-state index in [0.717, 1.165) is 19.3 Å². The van der Waals surface area contributed by atoms with Gasteiger partial charge in [-0.1, -0.05) is 19.8 Å². The number of hydrogen-bond acceptors (Lipinski definition) is 3. The SMILES string of the molecule is CCCCCNC(=O)C(C)Oc1ccc([C@H](C)O)c(F)c1. The second-order valence-electron chi connectivity index (χ2n) is 5.12. The van der Waals surface area contributed by atoms with Crippen LogP contribution in [0.4, 0.5) is 4.39 Å². The third-order valence-electron chi connectivity index (χ3n) is 3.18. The summed E-state index contributed by atoms with van der Waals surface area (Å²) >= 11 is 0. The summed E-state index contributed by atoms with van der Waals surface area (Å²) in [6.07, 6.45) is 1.53. The first-order valence-electron chi connectivity index (χ1n) is 7.37. The molecule has 0 bridgehead atoms. The molecule has 2 N–H and O–H groups in total. The highest BCUT2D eigenvalue weighted by atomic mass is 19.1. The number of benzene rings is 1. The largest absolute Gasteiger partial charge is 0.481 e. The van der Waals surface area contributed by atoms with Gasteiger partial charge in [0.05, 0.1) is 6.10 Å². The van der Waals surface area contributed by atoms with E-state index in [4.69, 9.17) is 4.74 Å². The van der Waals surface area contributed by atoms with Crippen LogP contribution in [-0.4, -0.2) is 23.7 Å². The fourth-order valence-electron chi connectivity index (χ4n) is 1.91. The van der Waals surface area contributed by atoms with Gasteiger partial charge in [0.15, 0.2) is 6.10 Å². The Morgan fingerprint density at radius 2 is 2.10 bits per heavy atom. The van der Waals surface area contributed by atoms with E-state index in [1.807, 2.05) is 0 Å². The quantitative estimate of drug-likeness (QED) is 0.725. The Morgan fingerprint density at radius 3 is 2.67 bits per heavy atom. The molecular formula is C16H24FNO3. The lowest BCUT2D eigenvalue weighted by Gasteiger charge is -2.15. The van der Waals surface area contributed by atoms with Gasteiger partial charge in [-0.15, -0.1) is 0 Å². The Morgan fingerprint density at radius 1 is 1.38 bits per heavy atom. The number of ether oxygens (including phenoxy) is 1. The van der Waals surface area contributed by atoms with Gasteiger partial charge in [0.2, 0.25) is 0 Å². The van der Waals surface area contributed by atoms with Crippen LogP contribution in [-0.2, 0) is 4.79 Å². The van der Waals surface area contributed by atoms with Crippen LogP contribution in [0.3, 0.4) is 0 Å². The van der Waals surface area contributed by atoms with Gasteiger partial charge in [-0.2, -0.15) is 0 Å². The Labute approximate surface area is 125 Å². The van der Waals surface area contributed by atoms with Crippen molar-refractivity contribution < 1.29 is 19.0 Å². The summed E-state index contributed by atoms with van der Waals surface area (Å²) in [5, 5.41) is 12.1. The highest BCUT2D eigenvalue weighted by molar-refractivity contribution is 5.80. The molecule has 0 saturated heterocycles. The first-order chi connectivity index (χ1) is 9.95. The maximum atomic E-state index is 13.7. The van der Waals surface area contributed by atoms with Gasteiger partial charge in [0, 0.05) is 18.2 Å². The van der Waals surface area contributed by atoms with Gasteiger partial charge in [-0.05, 0) is 32.4 Å². The molecule has 1 amide bonds. The zero-order chi connectivity index (χ0) is 15.8. The first kappa shape index (κ1) is 17.4. The molecular weight excluding hydrogens is 273 g/mol. The normalized spacial score (nSPS) is 13.6. The van der Waals surface area contributed by atoms with Crippen LogP contribution in [0.2, 0.25) is 0 Å². The molecule has 0 aromatic heterocycles. The van der Waals surface area contributed by atoms with Gasteiger partial charge in [0.25, 0.3) is 5.91 Å². The highest BCUT2D eigenvalue weighted by Gasteiger charge is 2.15. The lowest BCUT2D eigenvalue weighted by Crippen LogP contribution is -2.36. The number of unbranched alkanes of at least 4 members (excludes halogenated alkanes) is 2. The highest BCUT2D eigenvalue weighted by Crippen LogP contribution is 2.22. The summed E-state index contributed by atoms with van der Waals surface area (Å²) in [5.41, 5.74) is 0.207. The molecule has 4 nitrogen and oxygen atoms in total. The third-order valence-corrected chi connectivity index (χ3v) is 3.18. The molecule has 1 aromatic carbocycles. The summed E-state index contributed by atoms with van der Waals surface area (Å²) in [4.78, 5) is 11.8. The lowest BCUT2D eigenvalue weighted by atomic mass is 10.1. The monoisotopic (exact) mass is 297 g/mol. The van der Waals surface area contributed by atoms with E-state index < -0.39 is 18.0 Å². The topological polar surface area (TPSA) is 58.6 Å². The Bertz CT molecular complexity index is 463. The predicted molar refractivity (Wildman–Crippen MR) is 79.7 cm³/mol. The molecule has 1 unspecified atom stereocenters. The molecule has 1 rings (SSSR count). The standard InChI is InChI=1S/C16H24FNO3/c1-4-5-6-9-18-16(20)12(3)21-13-7-8-14(11(2)19)15(17)10-13/h7-8,10-12,19H,4-6,9H2,1-3H3,(H,18,20)/t11-,12?/m0/s1. The fourth-order valence-corrected chi connectivity index (χ4v) is 1.91. The average Bonchev–Trinajstić information content (AvgIpc) is 2.43. The molecule has 1 aromatic rings. The van der Waals surface area contributed by atoms with E-state index >= 15 is 0 Å². The van der Waals surface area contributed by atoms with Crippen LogP contribution in [0.1, 0.15) is 51.7 Å². The van der Waals surface area contributed by atoms with E-state index in [9.17, 15) is 14.3 Å². The van der Waals surface area contributed by atoms with Crippen molar-refractivity contribution in [1.29, 1.82) is 0 Å². The van der Waals surface area contributed by atoms with Crippen molar-refractivity contribution in [3.63, 3.8) is 0 Å². The van der Waals surface area contributed by atoms with Crippen LogP contribution in [0.5, 0.6) is 5.75 Å². The number of aliphatic hydroxyl groups is 1. The summed E-state index contributed by atoms with van der Waals surface area (Å²) < 4.78 is 19.1. The summed E-state index contributed by atoms with van der Waals surface area (Å²) in [6, 6.07) is 4.19. The van der Waals surface area contributed by atoms with Crippen LogP contribution in [0.15, 0.2) is 18.2 Å². The van der Waals surface area contributed by atoms with Gasteiger partial charge < -0.3 is 15.2 Å². The van der Waals surface area contributed by atoms with Crippen molar-refractivity contribution in [3.05, 3.63) is 29.6 Å². The molecule has 0 saturated carbocycles. The van der Waals surface area contributed by atoms with Crippen molar-refractivity contribution in [2.45, 2.75) is 52.2 Å². The van der Waals surface area contributed by atoms with Gasteiger partial charge >= 0.3 is 0 Å². The van der Waals surface area contributed by atoms with E-state index in [0.29, 0.717) is 6.54 Å². The lowest BCUT2D eigenvalue weighted by molar-refractivity contribution is -0.127. The average molecular weight is 297 g/mol. The van der Waals surface area contributed by atoms with Crippen LogP contribution < -0.4 is 10.1 Å². The summed E-state index contributed by atoms with van der Waals surface area (Å²) in [6.45, 7) is 5.83. The number of carbonyl (C=O) groups is 1. The number of rotatable bonds is 8. The van der Waals surface area contributed by atoms with E-state index in [2.05, 4.69) is 12.2 Å².